The van der Waals surface area contributed by atoms with E-state index in [2.05, 4.69) is 35.4 Å². The van der Waals surface area contributed by atoms with Crippen molar-refractivity contribution < 1.29 is 4.39 Å². The highest BCUT2D eigenvalue weighted by atomic mass is 32.1. The lowest BCUT2D eigenvalue weighted by Crippen LogP contribution is -2.56. The van der Waals surface area contributed by atoms with E-state index in [4.69, 9.17) is 17.3 Å². The smallest absolute Gasteiger partial charge is 0.166 e. The van der Waals surface area contributed by atoms with Gasteiger partial charge >= 0.3 is 0 Å². The average Bonchev–Trinajstić information content (AvgIpc) is 3.13. The minimum atomic E-state index is -0.217. The molecule has 0 amide bonds. The second kappa shape index (κ2) is 9.02. The number of benzene rings is 1. The molecule has 162 valence electrons. The molecule has 7 heteroatoms. The first kappa shape index (κ1) is 21.2. The number of piperidine rings is 3. The van der Waals surface area contributed by atoms with E-state index < -0.39 is 0 Å². The number of rotatable bonds is 6. The highest BCUT2D eigenvalue weighted by Gasteiger charge is 2.41. The molecule has 0 aliphatic carbocycles. The number of hydrogen-bond donors (Lipinski definition) is 2. The third-order valence-corrected chi connectivity index (χ3v) is 6.77. The van der Waals surface area contributed by atoms with Crippen LogP contribution in [-0.4, -0.2) is 52.0 Å². The van der Waals surface area contributed by atoms with Gasteiger partial charge in [-0.1, -0.05) is 13.8 Å². The van der Waals surface area contributed by atoms with E-state index in [0.717, 1.165) is 42.5 Å². The standard InChI is InChI=1S/C23H32FN5S/c1-15(2)12-25-23(30)26-13-19-10-17-8-9-29(19)14-20(17)22-11-21(27-28(22)3)16-4-6-18(24)7-5-16/h4-7,11,15,17,19-20H,8-10,12-14H2,1-3H3,(H2,25,26,30). The highest BCUT2D eigenvalue weighted by molar-refractivity contribution is 7.80. The van der Waals surface area contributed by atoms with Gasteiger partial charge in [0.1, 0.15) is 5.82 Å². The summed E-state index contributed by atoms with van der Waals surface area (Å²) >= 11 is 5.43. The summed E-state index contributed by atoms with van der Waals surface area (Å²) < 4.78 is 15.3. The van der Waals surface area contributed by atoms with E-state index >= 15 is 0 Å². The third-order valence-electron chi connectivity index (χ3n) is 6.48. The van der Waals surface area contributed by atoms with Crippen LogP contribution in [0.2, 0.25) is 0 Å². The molecule has 5 rings (SSSR count). The summed E-state index contributed by atoms with van der Waals surface area (Å²) in [5.41, 5.74) is 3.16. The Kier molecular flexibility index (Phi) is 6.39. The molecule has 5 nitrogen and oxygen atoms in total. The second-order valence-corrected chi connectivity index (χ2v) is 9.52. The molecule has 3 aliphatic rings. The first-order chi connectivity index (χ1) is 14.4. The largest absolute Gasteiger partial charge is 0.362 e. The number of fused-ring (bicyclic) bond motifs is 3. The first-order valence-corrected chi connectivity index (χ1v) is 11.4. The molecule has 3 fully saturated rings. The molecule has 4 unspecified atom stereocenters. The van der Waals surface area contributed by atoms with E-state index in [9.17, 15) is 4.39 Å². The number of aromatic nitrogens is 2. The Morgan fingerprint density at radius 1 is 1.27 bits per heavy atom. The van der Waals surface area contributed by atoms with Gasteiger partial charge in [-0.25, -0.2) is 4.39 Å². The Hall–Kier alpha value is -1.99. The van der Waals surface area contributed by atoms with Crippen LogP contribution in [0.15, 0.2) is 30.3 Å². The third kappa shape index (κ3) is 4.67. The van der Waals surface area contributed by atoms with Gasteiger partial charge < -0.3 is 10.6 Å². The van der Waals surface area contributed by atoms with E-state index in [1.54, 1.807) is 12.1 Å². The predicted octanol–water partition coefficient (Wildman–Crippen LogP) is 3.52. The number of aryl methyl sites for hydroxylation is 1. The molecule has 2 aromatic rings. The molecule has 2 N–H and O–H groups in total. The Morgan fingerprint density at radius 2 is 2.03 bits per heavy atom. The van der Waals surface area contributed by atoms with Gasteiger partial charge in [0.05, 0.1) is 5.69 Å². The van der Waals surface area contributed by atoms with Crippen molar-refractivity contribution in [2.24, 2.45) is 18.9 Å². The van der Waals surface area contributed by atoms with Crippen LogP contribution < -0.4 is 10.6 Å². The Bertz CT molecular complexity index is 878. The van der Waals surface area contributed by atoms with Crippen LogP contribution in [0.3, 0.4) is 0 Å². The molecule has 4 atom stereocenters. The highest BCUT2D eigenvalue weighted by Crippen LogP contribution is 2.42. The van der Waals surface area contributed by atoms with Crippen LogP contribution in [-0.2, 0) is 7.05 Å². The summed E-state index contributed by atoms with van der Waals surface area (Å²) in [4.78, 5) is 2.60. The number of halogens is 1. The maximum atomic E-state index is 13.3. The predicted molar refractivity (Wildman–Crippen MR) is 123 cm³/mol. The molecule has 2 bridgehead atoms. The fourth-order valence-electron chi connectivity index (χ4n) is 4.85. The number of hydrogen-bond acceptors (Lipinski definition) is 3. The minimum Gasteiger partial charge on any atom is -0.362 e. The SMILES string of the molecule is CC(C)CNC(=S)NCC1CC2CCN1CC2c1cc(-c2ccc(F)cc2)nn1C. The van der Waals surface area contributed by atoms with Gasteiger partial charge in [-0.05, 0) is 73.8 Å². The van der Waals surface area contributed by atoms with Crippen LogP contribution in [0, 0.1) is 17.7 Å². The molecule has 0 spiro atoms. The molecule has 0 radical (unpaired) electrons. The van der Waals surface area contributed by atoms with Crippen molar-refractivity contribution in [1.82, 2.24) is 25.3 Å². The van der Waals surface area contributed by atoms with Crippen molar-refractivity contribution in [2.75, 3.05) is 26.2 Å². The zero-order valence-electron chi connectivity index (χ0n) is 18.1. The molecule has 0 saturated carbocycles. The molecule has 4 heterocycles. The summed E-state index contributed by atoms with van der Waals surface area (Å²) in [6, 6.07) is 9.32. The van der Waals surface area contributed by atoms with Gasteiger partial charge in [0.2, 0.25) is 0 Å². The Labute approximate surface area is 184 Å². The van der Waals surface area contributed by atoms with Crippen molar-refractivity contribution >= 4 is 17.3 Å². The first-order valence-electron chi connectivity index (χ1n) is 11.0. The van der Waals surface area contributed by atoms with E-state index in [1.807, 2.05) is 11.7 Å². The van der Waals surface area contributed by atoms with Crippen LogP contribution >= 0.6 is 12.2 Å². The van der Waals surface area contributed by atoms with Crippen LogP contribution in [0.25, 0.3) is 11.3 Å². The van der Waals surface area contributed by atoms with E-state index in [-0.39, 0.29) is 5.82 Å². The van der Waals surface area contributed by atoms with Crippen molar-refractivity contribution in [3.63, 3.8) is 0 Å². The zero-order valence-corrected chi connectivity index (χ0v) is 18.9. The molecule has 3 saturated heterocycles. The molecule has 1 aromatic heterocycles. The summed E-state index contributed by atoms with van der Waals surface area (Å²) in [7, 11) is 2.03. The quantitative estimate of drug-likeness (QED) is 0.688. The lowest BCUT2D eigenvalue weighted by molar-refractivity contribution is 0.0303. The molecule has 30 heavy (non-hydrogen) atoms. The monoisotopic (exact) mass is 429 g/mol. The zero-order chi connectivity index (χ0) is 21.3. The maximum Gasteiger partial charge on any atom is 0.166 e. The molecular formula is C23H32FN5S. The molecular weight excluding hydrogens is 397 g/mol. The van der Waals surface area contributed by atoms with Gasteiger partial charge in [0, 0.05) is 49.9 Å². The number of nitrogens with one attached hydrogen (secondary N) is 2. The topological polar surface area (TPSA) is 45.1 Å². The summed E-state index contributed by atoms with van der Waals surface area (Å²) in [5, 5.41) is 12.2. The summed E-state index contributed by atoms with van der Waals surface area (Å²) in [6.45, 7) is 8.39. The lowest BCUT2D eigenvalue weighted by atomic mass is 9.74. The van der Waals surface area contributed by atoms with Gasteiger partial charge in [-0.2, -0.15) is 5.10 Å². The fourth-order valence-corrected chi connectivity index (χ4v) is 5.01. The van der Waals surface area contributed by atoms with Gasteiger partial charge in [0.15, 0.2) is 5.11 Å². The van der Waals surface area contributed by atoms with Crippen LogP contribution in [0.5, 0.6) is 0 Å². The lowest BCUT2D eigenvalue weighted by Gasteiger charge is -2.50. The molecule has 1 aromatic carbocycles. The summed E-state index contributed by atoms with van der Waals surface area (Å²) in [6.07, 6.45) is 2.41. The van der Waals surface area contributed by atoms with E-state index in [0.29, 0.717) is 23.8 Å². The van der Waals surface area contributed by atoms with Gasteiger partial charge in [0.25, 0.3) is 0 Å². The van der Waals surface area contributed by atoms with Crippen molar-refractivity contribution in [3.8, 4) is 11.3 Å². The maximum absolute atomic E-state index is 13.3. The van der Waals surface area contributed by atoms with Crippen molar-refractivity contribution in [2.45, 2.75) is 38.6 Å². The Morgan fingerprint density at radius 3 is 2.70 bits per heavy atom. The minimum absolute atomic E-state index is 0.217. The average molecular weight is 430 g/mol. The Balaban J connectivity index is 1.39. The van der Waals surface area contributed by atoms with Crippen LogP contribution in [0.4, 0.5) is 4.39 Å². The molecule has 3 aliphatic heterocycles. The fraction of sp³-hybridized carbons (Fsp3) is 0.565. The number of nitrogens with zero attached hydrogens (tertiary/aromatic N) is 3. The normalized spacial score (nSPS) is 25.5. The second-order valence-electron chi connectivity index (χ2n) is 9.11. The van der Waals surface area contributed by atoms with Crippen LogP contribution in [0.1, 0.15) is 38.3 Å². The van der Waals surface area contributed by atoms with E-state index in [1.165, 1.54) is 30.7 Å². The van der Waals surface area contributed by atoms with Crippen molar-refractivity contribution in [3.05, 3.63) is 41.8 Å². The van der Waals surface area contributed by atoms with Gasteiger partial charge in [-0.3, -0.25) is 9.58 Å². The number of thiocarbonyl (C=S) groups is 1. The van der Waals surface area contributed by atoms with Gasteiger partial charge in [-0.15, -0.1) is 0 Å². The summed E-state index contributed by atoms with van der Waals surface area (Å²) in [5.74, 6) is 1.52. The van der Waals surface area contributed by atoms with Crippen molar-refractivity contribution in [1.29, 1.82) is 0 Å².